The predicted octanol–water partition coefficient (Wildman–Crippen LogP) is 2.94. The Bertz CT molecular complexity index is 249. The minimum atomic E-state index is -0.685. The molecule has 13 heavy (non-hydrogen) atoms. The van der Waals surface area contributed by atoms with Gasteiger partial charge in [-0.25, -0.2) is 0 Å². The Kier molecular flexibility index (Phi) is 3.10. The molecule has 0 unspecified atom stereocenters. The van der Waals surface area contributed by atoms with Crippen LogP contribution in [0.4, 0.5) is 0 Å². The van der Waals surface area contributed by atoms with E-state index < -0.39 is 5.60 Å². The number of aliphatic hydroxyl groups is 1. The zero-order valence-corrected chi connectivity index (χ0v) is 8.62. The van der Waals surface area contributed by atoms with E-state index in [-0.39, 0.29) is 0 Å². The third kappa shape index (κ3) is 2.85. The molecule has 0 aliphatic rings. The van der Waals surface area contributed by atoms with Crippen molar-refractivity contribution in [1.82, 2.24) is 0 Å². The summed E-state index contributed by atoms with van der Waals surface area (Å²) in [6.07, 6.45) is 0.803. The van der Waals surface area contributed by atoms with Gasteiger partial charge in [0.15, 0.2) is 0 Å². The molecular weight excluding hydrogens is 160 g/mol. The summed E-state index contributed by atoms with van der Waals surface area (Å²) in [5.41, 5.74) is 0.318. The average molecular weight is 178 g/mol. The van der Waals surface area contributed by atoms with Gasteiger partial charge in [0.1, 0.15) is 0 Å². The highest BCUT2D eigenvalue weighted by atomic mass is 16.3. The van der Waals surface area contributed by atoms with E-state index in [0.29, 0.717) is 5.92 Å². The third-order valence-corrected chi connectivity index (χ3v) is 2.20. The molecule has 0 aliphatic heterocycles. The van der Waals surface area contributed by atoms with E-state index in [1.165, 1.54) is 0 Å². The molecule has 0 saturated carbocycles. The topological polar surface area (TPSA) is 20.2 Å². The summed E-state index contributed by atoms with van der Waals surface area (Å²) in [4.78, 5) is 0. The lowest BCUT2D eigenvalue weighted by atomic mass is 9.88. The summed E-state index contributed by atoms with van der Waals surface area (Å²) in [7, 11) is 0. The highest BCUT2D eigenvalue weighted by molar-refractivity contribution is 5.21. The number of hydrogen-bond donors (Lipinski definition) is 1. The number of rotatable bonds is 3. The molecule has 0 amide bonds. The predicted molar refractivity (Wildman–Crippen MR) is 55.5 cm³/mol. The highest BCUT2D eigenvalue weighted by Crippen LogP contribution is 2.27. The minimum absolute atomic E-state index is 0.509. The van der Waals surface area contributed by atoms with Crippen LogP contribution in [0.1, 0.15) is 32.8 Å². The van der Waals surface area contributed by atoms with Gasteiger partial charge < -0.3 is 5.11 Å². The van der Waals surface area contributed by atoms with E-state index >= 15 is 0 Å². The first kappa shape index (κ1) is 10.3. The van der Waals surface area contributed by atoms with Gasteiger partial charge in [-0.1, -0.05) is 44.2 Å². The molecule has 0 saturated heterocycles. The molecule has 1 heteroatoms. The molecule has 1 N–H and O–H groups in total. The van der Waals surface area contributed by atoms with E-state index in [2.05, 4.69) is 13.8 Å². The minimum Gasteiger partial charge on any atom is -0.385 e. The molecule has 0 aliphatic carbocycles. The Morgan fingerprint density at radius 3 is 2.23 bits per heavy atom. The number of hydrogen-bond acceptors (Lipinski definition) is 1. The maximum absolute atomic E-state index is 10.2. The second-order valence-corrected chi connectivity index (χ2v) is 4.24. The largest absolute Gasteiger partial charge is 0.385 e. The van der Waals surface area contributed by atoms with Gasteiger partial charge in [-0.05, 0) is 24.8 Å². The molecule has 0 spiro atoms. The third-order valence-electron chi connectivity index (χ3n) is 2.20. The quantitative estimate of drug-likeness (QED) is 0.754. The lowest BCUT2D eigenvalue weighted by Crippen LogP contribution is -2.23. The van der Waals surface area contributed by atoms with Crippen LogP contribution in [0.25, 0.3) is 0 Å². The summed E-state index contributed by atoms with van der Waals surface area (Å²) in [5, 5.41) is 10.2. The maximum atomic E-state index is 10.2. The van der Waals surface area contributed by atoms with Gasteiger partial charge in [0.2, 0.25) is 0 Å². The molecule has 1 rings (SSSR count). The lowest BCUT2D eigenvalue weighted by Gasteiger charge is -2.25. The molecule has 0 heterocycles. The van der Waals surface area contributed by atoms with E-state index in [9.17, 15) is 5.11 Å². The van der Waals surface area contributed by atoms with Crippen molar-refractivity contribution in [3.63, 3.8) is 0 Å². The van der Waals surface area contributed by atoms with Gasteiger partial charge in [-0.2, -0.15) is 0 Å². The lowest BCUT2D eigenvalue weighted by molar-refractivity contribution is 0.0349. The first-order chi connectivity index (χ1) is 6.02. The number of benzene rings is 1. The smallest absolute Gasteiger partial charge is 0.0871 e. The molecular formula is C12H18O. The van der Waals surface area contributed by atoms with Gasteiger partial charge in [-0.15, -0.1) is 0 Å². The van der Waals surface area contributed by atoms with Gasteiger partial charge in [0.05, 0.1) is 5.60 Å². The Morgan fingerprint density at radius 2 is 1.77 bits per heavy atom. The summed E-state index contributed by atoms with van der Waals surface area (Å²) < 4.78 is 0. The Labute approximate surface area is 80.4 Å². The SMILES string of the molecule is CC(C)C[C@@](C)(O)c1ccccc1. The highest BCUT2D eigenvalue weighted by Gasteiger charge is 2.23. The molecule has 0 aromatic heterocycles. The van der Waals surface area contributed by atoms with Crippen molar-refractivity contribution in [3.8, 4) is 0 Å². The molecule has 1 aromatic rings. The van der Waals surface area contributed by atoms with Crippen LogP contribution in [0.2, 0.25) is 0 Å². The van der Waals surface area contributed by atoms with Crippen LogP contribution in [0.5, 0.6) is 0 Å². The molecule has 0 radical (unpaired) electrons. The molecule has 72 valence electrons. The van der Waals surface area contributed by atoms with Gasteiger partial charge in [0, 0.05) is 0 Å². The van der Waals surface area contributed by atoms with Crippen LogP contribution in [-0.4, -0.2) is 5.11 Å². The molecule has 1 atom stereocenters. The molecule has 0 fully saturated rings. The average Bonchev–Trinajstić information content (AvgIpc) is 2.04. The van der Waals surface area contributed by atoms with E-state index in [4.69, 9.17) is 0 Å². The summed E-state index contributed by atoms with van der Waals surface area (Å²) in [6.45, 7) is 6.12. The Hall–Kier alpha value is -0.820. The van der Waals surface area contributed by atoms with Crippen LogP contribution in [0, 0.1) is 5.92 Å². The van der Waals surface area contributed by atoms with Crippen molar-refractivity contribution >= 4 is 0 Å². The fourth-order valence-electron chi connectivity index (χ4n) is 1.71. The van der Waals surface area contributed by atoms with Crippen molar-refractivity contribution < 1.29 is 5.11 Å². The van der Waals surface area contributed by atoms with Crippen molar-refractivity contribution in [2.45, 2.75) is 32.8 Å². The van der Waals surface area contributed by atoms with E-state index in [0.717, 1.165) is 12.0 Å². The summed E-state index contributed by atoms with van der Waals surface area (Å²) >= 11 is 0. The normalized spacial score (nSPS) is 15.8. The van der Waals surface area contributed by atoms with Crippen molar-refractivity contribution in [2.75, 3.05) is 0 Å². The fraction of sp³-hybridized carbons (Fsp3) is 0.500. The van der Waals surface area contributed by atoms with Crippen molar-refractivity contribution in [1.29, 1.82) is 0 Å². The first-order valence-electron chi connectivity index (χ1n) is 4.80. The standard InChI is InChI=1S/C12H18O/c1-10(2)9-12(3,13)11-7-5-4-6-8-11/h4-8,10,13H,9H2,1-3H3/t12-/m1/s1. The van der Waals surface area contributed by atoms with Crippen LogP contribution in [0.3, 0.4) is 0 Å². The second kappa shape index (κ2) is 3.93. The second-order valence-electron chi connectivity index (χ2n) is 4.24. The van der Waals surface area contributed by atoms with E-state index in [1.54, 1.807) is 0 Å². The van der Waals surface area contributed by atoms with E-state index in [1.807, 2.05) is 37.3 Å². The van der Waals surface area contributed by atoms with Crippen molar-refractivity contribution in [2.24, 2.45) is 5.92 Å². The van der Waals surface area contributed by atoms with Gasteiger partial charge in [0.25, 0.3) is 0 Å². The summed E-state index contributed by atoms with van der Waals surface area (Å²) in [5.74, 6) is 0.509. The van der Waals surface area contributed by atoms with Gasteiger partial charge in [-0.3, -0.25) is 0 Å². The summed E-state index contributed by atoms with van der Waals surface area (Å²) in [6, 6.07) is 9.84. The van der Waals surface area contributed by atoms with Crippen LogP contribution < -0.4 is 0 Å². The monoisotopic (exact) mass is 178 g/mol. The zero-order valence-electron chi connectivity index (χ0n) is 8.62. The van der Waals surface area contributed by atoms with Crippen molar-refractivity contribution in [3.05, 3.63) is 35.9 Å². The molecule has 0 bridgehead atoms. The van der Waals surface area contributed by atoms with Crippen LogP contribution >= 0.6 is 0 Å². The van der Waals surface area contributed by atoms with Gasteiger partial charge >= 0.3 is 0 Å². The molecule has 1 aromatic carbocycles. The van der Waals surface area contributed by atoms with Crippen LogP contribution in [0.15, 0.2) is 30.3 Å². The first-order valence-corrected chi connectivity index (χ1v) is 4.80. The fourth-order valence-corrected chi connectivity index (χ4v) is 1.71. The van der Waals surface area contributed by atoms with Crippen LogP contribution in [-0.2, 0) is 5.60 Å². The Balaban J connectivity index is 2.81. The maximum Gasteiger partial charge on any atom is 0.0871 e. The Morgan fingerprint density at radius 1 is 1.23 bits per heavy atom. The zero-order chi connectivity index (χ0) is 9.90. The molecule has 1 nitrogen and oxygen atoms in total.